The van der Waals surface area contributed by atoms with Crippen molar-refractivity contribution in [3.05, 3.63) is 16.1 Å². The van der Waals surface area contributed by atoms with Crippen LogP contribution in [0.2, 0.25) is 0 Å². The van der Waals surface area contributed by atoms with E-state index in [4.69, 9.17) is 4.74 Å². The molecule has 16 heavy (non-hydrogen) atoms. The van der Waals surface area contributed by atoms with Crippen LogP contribution in [0.3, 0.4) is 0 Å². The van der Waals surface area contributed by atoms with Crippen LogP contribution in [-0.4, -0.2) is 31.3 Å². The molecule has 0 saturated carbocycles. The van der Waals surface area contributed by atoms with Gasteiger partial charge in [-0.2, -0.15) is 0 Å². The van der Waals surface area contributed by atoms with E-state index in [1.54, 1.807) is 11.3 Å². The third-order valence-electron chi connectivity index (χ3n) is 2.46. The number of nitrogens with zero attached hydrogens (tertiary/aromatic N) is 1. The second kappa shape index (κ2) is 7.76. The fourth-order valence-corrected chi connectivity index (χ4v) is 2.23. The molecule has 1 N–H and O–H groups in total. The largest absolute Gasteiger partial charge is 0.381 e. The minimum Gasteiger partial charge on any atom is -0.381 e. The first kappa shape index (κ1) is 13.6. The Morgan fingerprint density at radius 3 is 3.00 bits per heavy atom. The summed E-state index contributed by atoms with van der Waals surface area (Å²) < 4.78 is 5.66. The Morgan fingerprint density at radius 2 is 2.38 bits per heavy atom. The second-order valence-corrected chi connectivity index (χ2v) is 5.04. The number of ether oxygens (including phenoxy) is 1. The van der Waals surface area contributed by atoms with Crippen molar-refractivity contribution >= 4 is 11.3 Å². The van der Waals surface area contributed by atoms with Crippen molar-refractivity contribution in [2.45, 2.75) is 27.2 Å². The Labute approximate surface area is 102 Å². The van der Waals surface area contributed by atoms with Crippen LogP contribution in [0, 0.1) is 12.8 Å². The minimum atomic E-state index is 0.586. The molecule has 0 spiro atoms. The molecule has 0 aliphatic heterocycles. The summed E-state index contributed by atoms with van der Waals surface area (Å²) in [7, 11) is 0. The van der Waals surface area contributed by atoms with E-state index in [-0.39, 0.29) is 0 Å². The summed E-state index contributed by atoms with van der Waals surface area (Å²) in [6.45, 7) is 10.1. The van der Waals surface area contributed by atoms with Gasteiger partial charge in [-0.1, -0.05) is 13.8 Å². The molecule has 1 aromatic heterocycles. The van der Waals surface area contributed by atoms with Gasteiger partial charge in [0.25, 0.3) is 0 Å². The first-order valence-electron chi connectivity index (χ1n) is 5.91. The molecule has 1 rings (SSSR count). The summed E-state index contributed by atoms with van der Waals surface area (Å²) >= 11 is 1.72. The highest BCUT2D eigenvalue weighted by Gasteiger charge is 2.03. The smallest absolute Gasteiger partial charge is 0.0797 e. The van der Waals surface area contributed by atoms with Crippen LogP contribution in [0.15, 0.2) is 5.51 Å². The quantitative estimate of drug-likeness (QED) is 0.710. The Bertz CT molecular complexity index is 288. The first-order valence-corrected chi connectivity index (χ1v) is 6.79. The Balaban J connectivity index is 2.06. The SMILES string of the molecule is CCNCC(C)COCCc1scnc1C. The number of rotatable bonds is 8. The molecular formula is C12H22N2OS. The highest BCUT2D eigenvalue weighted by Crippen LogP contribution is 2.12. The van der Waals surface area contributed by atoms with Crippen LogP contribution in [-0.2, 0) is 11.2 Å². The number of nitrogens with one attached hydrogen (secondary N) is 1. The summed E-state index contributed by atoms with van der Waals surface area (Å²) in [5, 5.41) is 3.32. The molecule has 0 aromatic carbocycles. The third kappa shape index (κ3) is 5.05. The Kier molecular flexibility index (Phi) is 6.61. The molecule has 0 amide bonds. The van der Waals surface area contributed by atoms with Crippen molar-refractivity contribution < 1.29 is 4.74 Å². The van der Waals surface area contributed by atoms with E-state index in [1.165, 1.54) is 4.88 Å². The zero-order valence-corrected chi connectivity index (χ0v) is 11.3. The molecular weight excluding hydrogens is 220 g/mol. The van der Waals surface area contributed by atoms with Gasteiger partial charge in [0.15, 0.2) is 0 Å². The van der Waals surface area contributed by atoms with E-state index >= 15 is 0 Å². The number of thiazole rings is 1. The zero-order chi connectivity index (χ0) is 11.8. The van der Waals surface area contributed by atoms with Crippen LogP contribution >= 0.6 is 11.3 Å². The Morgan fingerprint density at radius 1 is 1.56 bits per heavy atom. The summed E-state index contributed by atoms with van der Waals surface area (Å²) in [4.78, 5) is 5.57. The van der Waals surface area contributed by atoms with Gasteiger partial charge < -0.3 is 10.1 Å². The van der Waals surface area contributed by atoms with Crippen LogP contribution < -0.4 is 5.32 Å². The molecule has 1 aromatic rings. The summed E-state index contributed by atoms with van der Waals surface area (Å²) in [5.41, 5.74) is 3.05. The van der Waals surface area contributed by atoms with E-state index in [0.29, 0.717) is 5.92 Å². The first-order chi connectivity index (χ1) is 7.74. The van der Waals surface area contributed by atoms with Gasteiger partial charge in [-0.25, -0.2) is 4.98 Å². The van der Waals surface area contributed by atoms with Crippen molar-refractivity contribution in [1.29, 1.82) is 0 Å². The molecule has 1 atom stereocenters. The molecule has 0 saturated heterocycles. The average Bonchev–Trinajstić information content (AvgIpc) is 2.67. The van der Waals surface area contributed by atoms with Gasteiger partial charge in [-0.05, 0) is 25.9 Å². The predicted molar refractivity (Wildman–Crippen MR) is 69.1 cm³/mol. The maximum Gasteiger partial charge on any atom is 0.0797 e. The van der Waals surface area contributed by atoms with E-state index in [9.17, 15) is 0 Å². The highest BCUT2D eigenvalue weighted by atomic mass is 32.1. The van der Waals surface area contributed by atoms with Gasteiger partial charge in [0, 0.05) is 11.3 Å². The maximum atomic E-state index is 5.66. The van der Waals surface area contributed by atoms with Crippen molar-refractivity contribution in [3.8, 4) is 0 Å². The van der Waals surface area contributed by atoms with Crippen LogP contribution in [0.25, 0.3) is 0 Å². The highest BCUT2D eigenvalue weighted by molar-refractivity contribution is 7.09. The van der Waals surface area contributed by atoms with Gasteiger partial charge in [0.1, 0.15) is 0 Å². The molecule has 0 aliphatic carbocycles. The lowest BCUT2D eigenvalue weighted by Crippen LogP contribution is -2.24. The molecule has 1 heterocycles. The summed E-state index contributed by atoms with van der Waals surface area (Å²) in [6, 6.07) is 0. The van der Waals surface area contributed by atoms with Crippen molar-refractivity contribution in [3.63, 3.8) is 0 Å². The number of hydrogen-bond acceptors (Lipinski definition) is 4. The molecule has 1 unspecified atom stereocenters. The van der Waals surface area contributed by atoms with E-state index in [0.717, 1.165) is 38.4 Å². The lowest BCUT2D eigenvalue weighted by atomic mass is 10.2. The van der Waals surface area contributed by atoms with Crippen LogP contribution in [0.5, 0.6) is 0 Å². The predicted octanol–water partition coefficient (Wildman–Crippen LogP) is 2.26. The van der Waals surface area contributed by atoms with Crippen LogP contribution in [0.1, 0.15) is 24.4 Å². The van der Waals surface area contributed by atoms with Gasteiger partial charge >= 0.3 is 0 Å². The van der Waals surface area contributed by atoms with E-state index in [2.05, 4.69) is 31.1 Å². The maximum absolute atomic E-state index is 5.66. The zero-order valence-electron chi connectivity index (χ0n) is 10.5. The van der Waals surface area contributed by atoms with E-state index in [1.807, 2.05) is 5.51 Å². The molecule has 0 radical (unpaired) electrons. The molecule has 0 fully saturated rings. The standard InChI is InChI=1S/C12H22N2OS/c1-4-13-7-10(2)8-15-6-5-12-11(3)14-9-16-12/h9-10,13H,4-8H2,1-3H3. The van der Waals surface area contributed by atoms with Crippen LogP contribution in [0.4, 0.5) is 0 Å². The lowest BCUT2D eigenvalue weighted by Gasteiger charge is -2.11. The normalized spacial score (nSPS) is 12.9. The monoisotopic (exact) mass is 242 g/mol. The molecule has 0 aliphatic rings. The lowest BCUT2D eigenvalue weighted by molar-refractivity contribution is 0.107. The van der Waals surface area contributed by atoms with Gasteiger partial charge in [-0.15, -0.1) is 11.3 Å². The molecule has 4 heteroatoms. The number of hydrogen-bond donors (Lipinski definition) is 1. The van der Waals surface area contributed by atoms with Gasteiger partial charge in [-0.3, -0.25) is 0 Å². The topological polar surface area (TPSA) is 34.1 Å². The average molecular weight is 242 g/mol. The fourth-order valence-electron chi connectivity index (χ4n) is 1.47. The van der Waals surface area contributed by atoms with E-state index < -0.39 is 0 Å². The van der Waals surface area contributed by atoms with Crippen molar-refractivity contribution in [2.75, 3.05) is 26.3 Å². The summed E-state index contributed by atoms with van der Waals surface area (Å²) in [6.07, 6.45) is 0.991. The van der Waals surface area contributed by atoms with Crippen molar-refractivity contribution in [2.24, 2.45) is 5.92 Å². The van der Waals surface area contributed by atoms with Gasteiger partial charge in [0.05, 0.1) is 24.4 Å². The number of aromatic nitrogens is 1. The fraction of sp³-hybridized carbons (Fsp3) is 0.750. The van der Waals surface area contributed by atoms with Gasteiger partial charge in [0.2, 0.25) is 0 Å². The third-order valence-corrected chi connectivity index (χ3v) is 3.46. The van der Waals surface area contributed by atoms with Crippen molar-refractivity contribution in [1.82, 2.24) is 10.3 Å². The minimum absolute atomic E-state index is 0.586. The molecule has 0 bridgehead atoms. The molecule has 92 valence electrons. The summed E-state index contributed by atoms with van der Waals surface area (Å²) in [5.74, 6) is 0.586. The Hall–Kier alpha value is -0.450. The second-order valence-electron chi connectivity index (χ2n) is 4.10. The number of aryl methyl sites for hydroxylation is 1. The molecule has 3 nitrogen and oxygen atoms in total.